The number of thiocarbonyl (C=S) groups is 1. The number of nitrogens with zero attached hydrogens (tertiary/aromatic N) is 1. The highest BCUT2D eigenvalue weighted by atomic mass is 32.1. The van der Waals surface area contributed by atoms with E-state index >= 15 is 0 Å². The number of hydrogen-bond donors (Lipinski definition) is 2. The van der Waals surface area contributed by atoms with E-state index in [1.165, 1.54) is 24.1 Å². The van der Waals surface area contributed by atoms with Crippen molar-refractivity contribution in [2.24, 2.45) is 5.92 Å². The van der Waals surface area contributed by atoms with Crippen LogP contribution >= 0.6 is 12.2 Å². The third kappa shape index (κ3) is 6.13. The van der Waals surface area contributed by atoms with Crippen molar-refractivity contribution >= 4 is 28.7 Å². The minimum absolute atomic E-state index is 0.149. The zero-order chi connectivity index (χ0) is 19.9. The number of anilines is 2. The van der Waals surface area contributed by atoms with Gasteiger partial charge in [-0.3, -0.25) is 0 Å². The van der Waals surface area contributed by atoms with Gasteiger partial charge in [0.15, 0.2) is 5.11 Å². The van der Waals surface area contributed by atoms with Gasteiger partial charge in [0, 0.05) is 37.1 Å². The zero-order valence-electron chi connectivity index (χ0n) is 17.1. The molecule has 2 aromatic rings. The third-order valence-corrected chi connectivity index (χ3v) is 5.12. The van der Waals surface area contributed by atoms with Crippen LogP contribution in [0, 0.1) is 5.92 Å². The van der Waals surface area contributed by atoms with Crippen LogP contribution < -0.4 is 20.3 Å². The molecule has 0 radical (unpaired) electrons. The van der Waals surface area contributed by atoms with Gasteiger partial charge >= 0.3 is 0 Å². The van der Waals surface area contributed by atoms with E-state index in [0.717, 1.165) is 30.4 Å². The summed E-state index contributed by atoms with van der Waals surface area (Å²) in [6, 6.07) is 16.7. The molecule has 0 saturated carbocycles. The quantitative estimate of drug-likeness (QED) is 0.656. The first kappa shape index (κ1) is 20.5. The SMILES string of the molecule is CC(C)Oc1cccc(NC(=S)NCc2ccc(N3CCC[C@@H](C)C3)cc2)c1. The number of nitrogens with one attached hydrogen (secondary N) is 2. The minimum atomic E-state index is 0.149. The zero-order valence-corrected chi connectivity index (χ0v) is 17.9. The second kappa shape index (κ2) is 9.78. The summed E-state index contributed by atoms with van der Waals surface area (Å²) in [6.45, 7) is 9.39. The summed E-state index contributed by atoms with van der Waals surface area (Å²) in [5, 5.41) is 7.11. The number of ether oxygens (including phenoxy) is 1. The molecule has 0 unspecified atom stereocenters. The Morgan fingerprint density at radius 2 is 2.00 bits per heavy atom. The molecular formula is C23H31N3OS. The fraction of sp³-hybridized carbons (Fsp3) is 0.435. The standard InChI is InChI=1S/C23H31N3OS/c1-17(2)27-22-8-4-7-20(14-22)25-23(28)24-15-19-9-11-21(12-10-19)26-13-5-6-18(3)16-26/h4,7-12,14,17-18H,5-6,13,15-16H2,1-3H3,(H2,24,25,28)/t18-/m1/s1. The first-order chi connectivity index (χ1) is 13.5. The fourth-order valence-corrected chi connectivity index (χ4v) is 3.72. The van der Waals surface area contributed by atoms with Gasteiger partial charge in [-0.05, 0) is 74.7 Å². The van der Waals surface area contributed by atoms with Gasteiger partial charge in [-0.1, -0.05) is 25.1 Å². The predicted octanol–water partition coefficient (Wildman–Crippen LogP) is 5.20. The second-order valence-corrected chi connectivity index (χ2v) is 8.27. The van der Waals surface area contributed by atoms with Gasteiger partial charge < -0.3 is 20.3 Å². The number of rotatable bonds is 6. The van der Waals surface area contributed by atoms with Gasteiger partial charge in [0.25, 0.3) is 0 Å². The van der Waals surface area contributed by atoms with E-state index in [2.05, 4.69) is 46.7 Å². The van der Waals surface area contributed by atoms with Crippen molar-refractivity contribution in [3.05, 3.63) is 54.1 Å². The lowest BCUT2D eigenvalue weighted by atomic mass is 9.99. The van der Waals surface area contributed by atoms with Crippen molar-refractivity contribution in [2.75, 3.05) is 23.3 Å². The molecule has 1 aliphatic heterocycles. The molecule has 28 heavy (non-hydrogen) atoms. The van der Waals surface area contributed by atoms with Crippen molar-refractivity contribution in [2.45, 2.75) is 46.3 Å². The van der Waals surface area contributed by atoms with Crippen LogP contribution in [0.4, 0.5) is 11.4 Å². The van der Waals surface area contributed by atoms with Crippen LogP contribution in [0.3, 0.4) is 0 Å². The largest absolute Gasteiger partial charge is 0.491 e. The molecule has 1 fully saturated rings. The van der Waals surface area contributed by atoms with Gasteiger partial charge in [-0.25, -0.2) is 0 Å². The van der Waals surface area contributed by atoms with Crippen LogP contribution in [0.5, 0.6) is 5.75 Å². The van der Waals surface area contributed by atoms with Crippen LogP contribution in [0.1, 0.15) is 39.2 Å². The van der Waals surface area contributed by atoms with Crippen LogP contribution in [-0.2, 0) is 6.54 Å². The molecule has 1 heterocycles. The Morgan fingerprint density at radius 1 is 1.21 bits per heavy atom. The van der Waals surface area contributed by atoms with Crippen LogP contribution in [0.25, 0.3) is 0 Å². The average molecular weight is 398 g/mol. The highest BCUT2D eigenvalue weighted by Gasteiger charge is 2.16. The first-order valence-corrected chi connectivity index (χ1v) is 10.6. The summed E-state index contributed by atoms with van der Waals surface area (Å²) >= 11 is 5.44. The Labute approximate surface area is 174 Å². The van der Waals surface area contributed by atoms with E-state index in [1.807, 2.05) is 38.1 Å². The number of hydrogen-bond acceptors (Lipinski definition) is 3. The maximum atomic E-state index is 5.73. The average Bonchev–Trinajstić information content (AvgIpc) is 2.66. The van der Waals surface area contributed by atoms with Crippen molar-refractivity contribution < 1.29 is 4.74 Å². The highest BCUT2D eigenvalue weighted by Crippen LogP contribution is 2.23. The Balaban J connectivity index is 1.49. The molecule has 4 nitrogen and oxygen atoms in total. The molecule has 5 heteroatoms. The third-order valence-electron chi connectivity index (χ3n) is 4.88. The van der Waals surface area contributed by atoms with Crippen LogP contribution in [-0.4, -0.2) is 24.3 Å². The molecule has 1 atom stereocenters. The summed E-state index contributed by atoms with van der Waals surface area (Å²) < 4.78 is 5.73. The molecular weight excluding hydrogens is 366 g/mol. The first-order valence-electron chi connectivity index (χ1n) is 10.1. The Bertz CT molecular complexity index is 776. The van der Waals surface area contributed by atoms with E-state index < -0.39 is 0 Å². The van der Waals surface area contributed by atoms with Crippen molar-refractivity contribution in [1.29, 1.82) is 0 Å². The maximum Gasteiger partial charge on any atom is 0.171 e. The van der Waals surface area contributed by atoms with Gasteiger partial charge in [-0.15, -0.1) is 0 Å². The topological polar surface area (TPSA) is 36.5 Å². The van der Waals surface area contributed by atoms with Gasteiger partial charge in [0.2, 0.25) is 0 Å². The lowest BCUT2D eigenvalue weighted by Crippen LogP contribution is -2.34. The fourth-order valence-electron chi connectivity index (χ4n) is 3.53. The lowest BCUT2D eigenvalue weighted by molar-refractivity contribution is 0.242. The molecule has 3 rings (SSSR count). The lowest BCUT2D eigenvalue weighted by Gasteiger charge is -2.32. The summed E-state index contributed by atoms with van der Waals surface area (Å²) in [7, 11) is 0. The summed E-state index contributed by atoms with van der Waals surface area (Å²) in [4.78, 5) is 2.49. The van der Waals surface area contributed by atoms with E-state index in [-0.39, 0.29) is 6.10 Å². The molecule has 0 aromatic heterocycles. The van der Waals surface area contributed by atoms with Crippen molar-refractivity contribution in [3.8, 4) is 5.75 Å². The monoisotopic (exact) mass is 397 g/mol. The molecule has 0 aliphatic carbocycles. The summed E-state index contributed by atoms with van der Waals surface area (Å²) in [5.41, 5.74) is 3.46. The van der Waals surface area contributed by atoms with Gasteiger partial charge in [0.05, 0.1) is 6.10 Å². The highest BCUT2D eigenvalue weighted by molar-refractivity contribution is 7.80. The Kier molecular flexibility index (Phi) is 7.15. The normalized spacial score (nSPS) is 16.7. The van der Waals surface area contributed by atoms with Crippen molar-refractivity contribution in [1.82, 2.24) is 5.32 Å². The molecule has 150 valence electrons. The molecule has 1 saturated heterocycles. The molecule has 0 spiro atoms. The molecule has 2 aromatic carbocycles. The van der Waals surface area contributed by atoms with E-state index in [1.54, 1.807) is 0 Å². The predicted molar refractivity (Wildman–Crippen MR) is 122 cm³/mol. The molecule has 0 bridgehead atoms. The minimum Gasteiger partial charge on any atom is -0.491 e. The molecule has 2 N–H and O–H groups in total. The smallest absolute Gasteiger partial charge is 0.171 e. The van der Waals surface area contributed by atoms with E-state index in [9.17, 15) is 0 Å². The van der Waals surface area contributed by atoms with Gasteiger partial charge in [-0.2, -0.15) is 0 Å². The summed E-state index contributed by atoms with van der Waals surface area (Å²) in [6.07, 6.45) is 2.78. The number of piperidine rings is 1. The van der Waals surface area contributed by atoms with E-state index in [4.69, 9.17) is 17.0 Å². The van der Waals surface area contributed by atoms with Crippen molar-refractivity contribution in [3.63, 3.8) is 0 Å². The Hall–Kier alpha value is -2.27. The number of benzene rings is 2. The van der Waals surface area contributed by atoms with Gasteiger partial charge in [0.1, 0.15) is 5.75 Å². The second-order valence-electron chi connectivity index (χ2n) is 7.86. The van der Waals surface area contributed by atoms with Crippen LogP contribution in [0.2, 0.25) is 0 Å². The molecule has 0 amide bonds. The van der Waals surface area contributed by atoms with Crippen LogP contribution in [0.15, 0.2) is 48.5 Å². The maximum absolute atomic E-state index is 5.73. The summed E-state index contributed by atoms with van der Waals surface area (Å²) in [5.74, 6) is 1.62. The Morgan fingerprint density at radius 3 is 2.71 bits per heavy atom. The molecule has 1 aliphatic rings. The van der Waals surface area contributed by atoms with E-state index in [0.29, 0.717) is 11.7 Å².